The van der Waals surface area contributed by atoms with Crippen LogP contribution in [0.15, 0.2) is 65.5 Å². The van der Waals surface area contributed by atoms with Crippen molar-refractivity contribution in [3.8, 4) is 5.75 Å². The van der Waals surface area contributed by atoms with Crippen LogP contribution >= 0.6 is 0 Å². The van der Waals surface area contributed by atoms with E-state index in [0.29, 0.717) is 19.8 Å². The molecule has 2 aliphatic carbocycles. The smallest absolute Gasteiger partial charge is 0.283 e. The van der Waals surface area contributed by atoms with Gasteiger partial charge in [-0.05, 0) is 54.7 Å². The van der Waals surface area contributed by atoms with Gasteiger partial charge in [0, 0.05) is 5.56 Å². The fraction of sp³-hybridized carbons (Fsp3) is 0.375. The quantitative estimate of drug-likeness (QED) is 0.768. The Labute approximate surface area is 174 Å². The molecule has 3 aliphatic heterocycles. The molecule has 1 saturated carbocycles. The van der Waals surface area contributed by atoms with Gasteiger partial charge in [0.2, 0.25) is 0 Å². The Hall–Kier alpha value is -2.86. The van der Waals surface area contributed by atoms with Gasteiger partial charge in [-0.3, -0.25) is 0 Å². The number of aliphatic imine (C=N–C) groups is 1. The highest BCUT2D eigenvalue weighted by atomic mass is 19.1. The highest BCUT2D eigenvalue weighted by Crippen LogP contribution is 2.67. The third-order valence-electron chi connectivity index (χ3n) is 7.36. The fourth-order valence-corrected chi connectivity index (χ4v) is 5.56. The molecule has 1 aromatic carbocycles. The summed E-state index contributed by atoms with van der Waals surface area (Å²) in [6.07, 6.45) is 13.4. The third-order valence-corrected chi connectivity index (χ3v) is 7.36. The largest absolute Gasteiger partial charge is 0.486 e. The van der Waals surface area contributed by atoms with Crippen LogP contribution in [0, 0.1) is 5.41 Å². The van der Waals surface area contributed by atoms with Crippen molar-refractivity contribution >= 4 is 11.6 Å². The predicted molar refractivity (Wildman–Crippen MR) is 112 cm³/mol. The average molecular weight is 406 g/mol. The number of nitrogens with two attached hydrogens (primary N) is 1. The number of nitrogens with zero attached hydrogens (tertiary/aromatic N) is 1. The number of allylic oxidation sites excluding steroid dienone is 8. The van der Waals surface area contributed by atoms with Crippen LogP contribution in [0.1, 0.15) is 30.4 Å². The second kappa shape index (κ2) is 6.08. The van der Waals surface area contributed by atoms with Gasteiger partial charge in [0.15, 0.2) is 0 Å². The summed E-state index contributed by atoms with van der Waals surface area (Å²) < 4.78 is 32.3. The maximum atomic E-state index is 14.2. The summed E-state index contributed by atoms with van der Waals surface area (Å²) in [6.45, 7) is 1.51. The molecule has 5 nitrogen and oxygen atoms in total. The summed E-state index contributed by atoms with van der Waals surface area (Å²) in [4.78, 5) is 4.89. The second-order valence-electron chi connectivity index (χ2n) is 8.73. The minimum absolute atomic E-state index is 0.207. The van der Waals surface area contributed by atoms with Crippen molar-refractivity contribution in [3.05, 3.63) is 71.6 Å². The number of hydrogen-bond acceptors (Lipinski definition) is 5. The molecule has 3 spiro atoms. The molecular weight excluding hydrogens is 383 g/mol. The molecule has 0 amide bonds. The van der Waals surface area contributed by atoms with Crippen LogP contribution in [0.25, 0.3) is 5.57 Å². The summed E-state index contributed by atoms with van der Waals surface area (Å²) >= 11 is 0. The predicted octanol–water partition coefficient (Wildman–Crippen LogP) is 3.92. The summed E-state index contributed by atoms with van der Waals surface area (Å²) in [5.41, 5.74) is 7.41. The zero-order valence-electron chi connectivity index (χ0n) is 16.6. The fourth-order valence-electron chi connectivity index (χ4n) is 5.56. The monoisotopic (exact) mass is 406 g/mol. The molecule has 0 aromatic heterocycles. The van der Waals surface area contributed by atoms with E-state index in [4.69, 9.17) is 24.9 Å². The van der Waals surface area contributed by atoms with E-state index in [1.807, 2.05) is 30.4 Å². The lowest BCUT2D eigenvalue weighted by molar-refractivity contribution is -0.281. The minimum atomic E-state index is -0.653. The van der Waals surface area contributed by atoms with Crippen LogP contribution < -0.4 is 10.5 Å². The number of rotatable bonds is 1. The van der Waals surface area contributed by atoms with Crippen molar-refractivity contribution in [2.45, 2.75) is 30.4 Å². The first-order valence-corrected chi connectivity index (χ1v) is 10.4. The van der Waals surface area contributed by atoms with Crippen molar-refractivity contribution in [1.82, 2.24) is 0 Å². The number of hydrogen-bond donors (Lipinski definition) is 1. The molecule has 0 radical (unpaired) electrons. The molecule has 2 fully saturated rings. The van der Waals surface area contributed by atoms with Gasteiger partial charge >= 0.3 is 0 Å². The Morgan fingerprint density at radius 2 is 1.93 bits per heavy atom. The Morgan fingerprint density at radius 3 is 2.60 bits per heavy atom. The number of benzene rings is 1. The van der Waals surface area contributed by atoms with E-state index in [1.54, 1.807) is 6.08 Å². The maximum absolute atomic E-state index is 14.2. The van der Waals surface area contributed by atoms with Crippen LogP contribution in [-0.4, -0.2) is 31.4 Å². The van der Waals surface area contributed by atoms with E-state index in [2.05, 4.69) is 6.07 Å². The minimum Gasteiger partial charge on any atom is -0.486 e. The van der Waals surface area contributed by atoms with E-state index in [0.717, 1.165) is 41.7 Å². The molecule has 2 N–H and O–H groups in total. The number of amidine groups is 1. The van der Waals surface area contributed by atoms with Gasteiger partial charge in [-0.25, -0.2) is 9.38 Å². The number of fused-ring (bicyclic) bond motifs is 4. The first-order valence-electron chi connectivity index (χ1n) is 10.4. The number of halogens is 1. The summed E-state index contributed by atoms with van der Waals surface area (Å²) in [5.74, 6) is 0.516. The SMILES string of the molecule is NC1=NC2(CO1)c1cc(C3=C/C=C/C=C/C(F)=C3)ccc1OC1(CCC1)C21COC1. The first-order chi connectivity index (χ1) is 14.6. The Morgan fingerprint density at radius 1 is 1.07 bits per heavy atom. The van der Waals surface area contributed by atoms with E-state index in [1.165, 1.54) is 12.2 Å². The topological polar surface area (TPSA) is 66.1 Å². The third kappa shape index (κ3) is 2.17. The Kier molecular flexibility index (Phi) is 3.64. The van der Waals surface area contributed by atoms with Crippen LogP contribution in [0.2, 0.25) is 0 Å². The lowest BCUT2D eigenvalue weighted by Crippen LogP contribution is -2.75. The molecule has 1 saturated heterocycles. The molecule has 154 valence electrons. The van der Waals surface area contributed by atoms with Crippen molar-refractivity contribution in [2.75, 3.05) is 19.8 Å². The lowest BCUT2D eigenvalue weighted by atomic mass is 9.49. The Bertz CT molecular complexity index is 1080. The van der Waals surface area contributed by atoms with Gasteiger partial charge in [0.1, 0.15) is 29.3 Å². The molecule has 1 atom stereocenters. The summed E-state index contributed by atoms with van der Waals surface area (Å²) in [5, 5.41) is 0. The van der Waals surface area contributed by atoms with Gasteiger partial charge in [0.25, 0.3) is 6.02 Å². The van der Waals surface area contributed by atoms with Gasteiger partial charge in [-0.1, -0.05) is 30.4 Å². The van der Waals surface area contributed by atoms with E-state index in [9.17, 15) is 4.39 Å². The summed E-state index contributed by atoms with van der Waals surface area (Å²) in [7, 11) is 0. The summed E-state index contributed by atoms with van der Waals surface area (Å²) in [6, 6.07) is 6.22. The molecule has 30 heavy (non-hydrogen) atoms. The van der Waals surface area contributed by atoms with Gasteiger partial charge in [-0.2, -0.15) is 0 Å². The van der Waals surface area contributed by atoms with Gasteiger partial charge in [-0.15, -0.1) is 0 Å². The standard InChI is InChI=1S/C24H23FN2O3/c25-18-6-3-1-2-5-16(11-18)17-7-8-20-19(12-17)24(15-29-21(26)27-24)22(13-28-14-22)23(30-20)9-4-10-23/h1-3,5-8,11-12H,4,9-10,13-15H2,(H2,26,27)/b2-1+,3-1?,5-2?,6-3+,16-5?,16-11?,18-6?,18-11?. The highest BCUT2D eigenvalue weighted by molar-refractivity contribution is 5.79. The van der Waals surface area contributed by atoms with Gasteiger partial charge in [0.05, 0.1) is 18.6 Å². The Balaban J connectivity index is 1.54. The highest BCUT2D eigenvalue weighted by Gasteiger charge is 2.75. The zero-order chi connectivity index (χ0) is 20.4. The second-order valence-corrected chi connectivity index (χ2v) is 8.73. The molecular formula is C24H23FN2O3. The lowest BCUT2D eigenvalue weighted by Gasteiger charge is -2.66. The molecule has 6 rings (SSSR count). The van der Waals surface area contributed by atoms with Crippen LogP contribution in [-0.2, 0) is 15.0 Å². The molecule has 3 heterocycles. The first kappa shape index (κ1) is 18.0. The molecule has 6 heteroatoms. The maximum Gasteiger partial charge on any atom is 0.283 e. The van der Waals surface area contributed by atoms with E-state index >= 15 is 0 Å². The molecule has 1 unspecified atom stereocenters. The van der Waals surface area contributed by atoms with Crippen molar-refractivity contribution < 1.29 is 18.6 Å². The van der Waals surface area contributed by atoms with Crippen LogP contribution in [0.5, 0.6) is 5.75 Å². The van der Waals surface area contributed by atoms with E-state index in [-0.39, 0.29) is 22.9 Å². The van der Waals surface area contributed by atoms with Crippen molar-refractivity contribution in [2.24, 2.45) is 16.1 Å². The zero-order valence-corrected chi connectivity index (χ0v) is 16.6. The van der Waals surface area contributed by atoms with Crippen molar-refractivity contribution in [1.29, 1.82) is 0 Å². The number of ether oxygens (including phenoxy) is 3. The molecule has 5 aliphatic rings. The van der Waals surface area contributed by atoms with E-state index < -0.39 is 5.54 Å². The van der Waals surface area contributed by atoms with Crippen LogP contribution in [0.4, 0.5) is 4.39 Å². The van der Waals surface area contributed by atoms with Crippen molar-refractivity contribution in [3.63, 3.8) is 0 Å². The van der Waals surface area contributed by atoms with Crippen LogP contribution in [0.3, 0.4) is 0 Å². The molecule has 1 aromatic rings. The molecule has 0 bridgehead atoms. The normalized spacial score (nSPS) is 31.7. The average Bonchev–Trinajstić information content (AvgIpc) is 3.04. The van der Waals surface area contributed by atoms with Gasteiger partial charge < -0.3 is 19.9 Å².